The summed E-state index contributed by atoms with van der Waals surface area (Å²) in [7, 11) is -2.88. The minimum absolute atomic E-state index is 0.00620. The van der Waals surface area contributed by atoms with Gasteiger partial charge in [0.25, 0.3) is 0 Å². The highest BCUT2D eigenvalue weighted by molar-refractivity contribution is 7.91. The van der Waals surface area contributed by atoms with Crippen molar-refractivity contribution in [3.8, 4) is 5.88 Å². The summed E-state index contributed by atoms with van der Waals surface area (Å²) in [4.78, 5) is 15.2. The van der Waals surface area contributed by atoms with Gasteiger partial charge in [0, 0.05) is 31.7 Å². The summed E-state index contributed by atoms with van der Waals surface area (Å²) < 4.78 is 32.0. The van der Waals surface area contributed by atoms with Crippen molar-refractivity contribution in [2.24, 2.45) is 56.7 Å². The first-order valence-electron chi connectivity index (χ1n) is 23.2. The normalized spacial score (nSPS) is 41.5. The largest absolute Gasteiger partial charge is 0.481 e. The zero-order chi connectivity index (χ0) is 42.4. The molecule has 4 saturated carbocycles. The third kappa shape index (κ3) is 6.92. The quantitative estimate of drug-likeness (QED) is 0.211. The molecule has 6 aliphatic carbocycles. The Hall–Kier alpha value is -2.50. The number of rotatable bonds is 11. The van der Waals surface area contributed by atoms with Gasteiger partial charge in [0.1, 0.15) is 18.2 Å². The van der Waals surface area contributed by atoms with Gasteiger partial charge in [-0.3, -0.25) is 4.79 Å². The Morgan fingerprint density at radius 2 is 1.71 bits per heavy atom. The maximum atomic E-state index is 12.9. The number of carbonyl (C=O) groups is 1. The summed E-state index contributed by atoms with van der Waals surface area (Å²) in [5.74, 6) is 3.32. The van der Waals surface area contributed by atoms with Crippen LogP contribution in [-0.2, 0) is 14.6 Å². The van der Waals surface area contributed by atoms with Crippen LogP contribution in [-0.4, -0.2) is 89.2 Å². The highest BCUT2D eigenvalue weighted by atomic mass is 32.2. The van der Waals surface area contributed by atoms with Crippen LogP contribution in [0.25, 0.3) is 0 Å². The molecule has 1 unspecified atom stereocenters. The number of ether oxygens (including phenoxy) is 1. The van der Waals surface area contributed by atoms with Crippen LogP contribution in [0, 0.1) is 56.7 Å². The minimum atomic E-state index is -2.88. The summed E-state index contributed by atoms with van der Waals surface area (Å²) in [6, 6.07) is 0.0756. The van der Waals surface area contributed by atoms with E-state index in [-0.39, 0.29) is 39.8 Å². The van der Waals surface area contributed by atoms with Crippen molar-refractivity contribution in [3.05, 3.63) is 41.6 Å². The molecule has 2 heterocycles. The third-order valence-electron chi connectivity index (χ3n) is 18.9. The Labute approximate surface area is 355 Å². The Bertz CT molecular complexity index is 1970. The molecule has 0 spiro atoms. The first kappa shape index (κ1) is 43.2. The molecule has 0 bridgehead atoms. The van der Waals surface area contributed by atoms with Gasteiger partial charge in [-0.05, 0) is 160 Å². The Kier molecular flexibility index (Phi) is 11.0. The predicted molar refractivity (Wildman–Crippen MR) is 234 cm³/mol. The average Bonchev–Trinajstić information content (AvgIpc) is 3.81. The zero-order valence-electron chi connectivity index (χ0n) is 37.6. The average molecular weight is 834 g/mol. The van der Waals surface area contributed by atoms with E-state index in [1.54, 1.807) is 10.9 Å². The van der Waals surface area contributed by atoms with E-state index in [1.165, 1.54) is 68.1 Å². The number of hydrogen-bond donors (Lipinski definition) is 2. The number of aliphatic carboxylic acids is 1. The van der Waals surface area contributed by atoms with Gasteiger partial charge in [0.15, 0.2) is 9.84 Å². The van der Waals surface area contributed by atoms with Gasteiger partial charge in [0.2, 0.25) is 5.88 Å². The van der Waals surface area contributed by atoms with Crippen LogP contribution >= 0.6 is 0 Å². The summed E-state index contributed by atoms with van der Waals surface area (Å²) in [5.41, 5.74) is 4.03. The van der Waals surface area contributed by atoms with Gasteiger partial charge in [-0.25, -0.2) is 13.1 Å². The van der Waals surface area contributed by atoms with Crippen molar-refractivity contribution in [2.45, 2.75) is 144 Å². The Morgan fingerprint density at radius 1 is 0.966 bits per heavy atom. The van der Waals surface area contributed by atoms with E-state index >= 15 is 0 Å². The lowest BCUT2D eigenvalue weighted by atomic mass is 9.33. The number of nitrogens with zero attached hydrogens (tertiary/aromatic N) is 4. The van der Waals surface area contributed by atoms with Gasteiger partial charge in [0.05, 0.1) is 17.5 Å². The molecule has 11 heteroatoms. The molecule has 328 valence electrons. The van der Waals surface area contributed by atoms with E-state index in [0.29, 0.717) is 72.9 Å². The summed E-state index contributed by atoms with van der Waals surface area (Å²) in [6.45, 7) is 27.3. The van der Waals surface area contributed by atoms with Gasteiger partial charge in [-0.1, -0.05) is 64.1 Å². The van der Waals surface area contributed by atoms with Crippen molar-refractivity contribution < 1.29 is 23.1 Å². The molecule has 5 fully saturated rings. The first-order chi connectivity index (χ1) is 27.7. The molecule has 1 saturated heterocycles. The monoisotopic (exact) mass is 834 g/mol. The molecule has 1 aromatic rings. The van der Waals surface area contributed by atoms with E-state index in [9.17, 15) is 18.3 Å². The van der Waals surface area contributed by atoms with Crippen molar-refractivity contribution in [1.82, 2.24) is 25.2 Å². The fourth-order valence-electron chi connectivity index (χ4n) is 15.5. The van der Waals surface area contributed by atoms with E-state index < -0.39 is 21.2 Å². The van der Waals surface area contributed by atoms with Gasteiger partial charge in [-0.2, -0.15) is 0 Å². The van der Waals surface area contributed by atoms with Gasteiger partial charge in [-0.15, -0.1) is 5.10 Å². The van der Waals surface area contributed by atoms with Gasteiger partial charge >= 0.3 is 5.97 Å². The number of aromatic nitrogens is 3. The smallest absolute Gasteiger partial charge is 0.313 e. The molecule has 10 nitrogen and oxygen atoms in total. The molecule has 1 aliphatic heterocycles. The zero-order valence-corrected chi connectivity index (χ0v) is 38.4. The van der Waals surface area contributed by atoms with Crippen LogP contribution in [0.2, 0.25) is 0 Å². The lowest BCUT2D eigenvalue weighted by Gasteiger charge is -2.72. The number of nitrogens with one attached hydrogen (secondary N) is 1. The summed E-state index contributed by atoms with van der Waals surface area (Å²) >= 11 is 0. The predicted octanol–water partition coefficient (Wildman–Crippen LogP) is 8.69. The van der Waals surface area contributed by atoms with Crippen molar-refractivity contribution in [3.63, 3.8) is 0 Å². The van der Waals surface area contributed by atoms with Crippen molar-refractivity contribution in [2.75, 3.05) is 44.3 Å². The second-order valence-electron chi connectivity index (χ2n) is 22.2. The van der Waals surface area contributed by atoms with Crippen LogP contribution in [0.5, 0.6) is 5.88 Å². The number of allylic oxidation sites excluding steroid dienone is 5. The lowest BCUT2D eigenvalue weighted by Crippen LogP contribution is -2.68. The maximum absolute atomic E-state index is 12.9. The number of fused-ring (bicyclic) bond motifs is 7. The van der Waals surface area contributed by atoms with E-state index in [2.05, 4.69) is 80.8 Å². The van der Waals surface area contributed by atoms with Crippen LogP contribution in [0.1, 0.15) is 138 Å². The highest BCUT2D eigenvalue weighted by Gasteiger charge is 2.70. The second kappa shape index (κ2) is 15.1. The molecule has 0 amide bonds. The fourth-order valence-corrected chi connectivity index (χ4v) is 16.8. The molecule has 2 N–H and O–H groups in total. The van der Waals surface area contributed by atoms with Crippen LogP contribution in [0.3, 0.4) is 0 Å². The number of carboxylic acids is 1. The number of hydrogen-bond acceptors (Lipinski definition) is 8. The minimum Gasteiger partial charge on any atom is -0.481 e. The van der Waals surface area contributed by atoms with Crippen LogP contribution in [0.4, 0.5) is 0 Å². The Balaban J connectivity index is 1.00. The molecule has 59 heavy (non-hydrogen) atoms. The lowest BCUT2D eigenvalue weighted by molar-refractivity contribution is -0.221. The standard InChI is InChI=1S/C48H75N5O5S/c1-32(2)35-14-21-48(49-24-25-52-26-28-59(56,57)29-27-52)23-22-45(8)37(41(35)48)10-11-39-44(7)17-15-36(43(5,6)38(44)16-18-46(39,45)9)34-12-19-47(20-13-34,42(54)55)31-58-40-30-50-51-53(40)33(3)4/h12,15,30,33,35,37-39,41,49H,1,10-11,13-14,16-29,31H2,2-9H3,(H,54,55)/t35-,37+,38-,39+,41+,44-,45+,46+,47?,48-/m0/s1. The van der Waals surface area contributed by atoms with E-state index in [1.807, 2.05) is 13.8 Å². The van der Waals surface area contributed by atoms with E-state index in [0.717, 1.165) is 25.9 Å². The van der Waals surface area contributed by atoms with Crippen molar-refractivity contribution in [1.29, 1.82) is 0 Å². The molecule has 7 aliphatic rings. The molecule has 0 radical (unpaired) electrons. The molecule has 0 aromatic carbocycles. The molecule has 1 aromatic heterocycles. The number of carboxylic acid groups (broad SMARTS) is 1. The van der Waals surface area contributed by atoms with Gasteiger partial charge < -0.3 is 20.1 Å². The number of sulfone groups is 1. The van der Waals surface area contributed by atoms with Crippen molar-refractivity contribution >= 4 is 15.8 Å². The SMILES string of the molecule is C=C(C)[C@@H]1CC[C@]2(NCCN3CCS(=O)(=O)CC3)CC[C@]3(C)[C@H](CC[C@@H]4[C@@]5(C)CC=C(C6=CCC(COc7cnnn7C(C)C)(C(=O)O)CC6)C(C)(C)[C@@H]5CC[C@]43C)[C@@H]12. The summed E-state index contributed by atoms with van der Waals surface area (Å²) in [5, 5.41) is 22.9. The highest BCUT2D eigenvalue weighted by Crippen LogP contribution is 2.76. The topological polar surface area (TPSA) is 127 Å². The molecular weight excluding hydrogens is 759 g/mol. The summed E-state index contributed by atoms with van der Waals surface area (Å²) in [6.07, 6.45) is 19.3. The maximum Gasteiger partial charge on any atom is 0.313 e. The van der Waals surface area contributed by atoms with Crippen LogP contribution < -0.4 is 10.1 Å². The third-order valence-corrected chi connectivity index (χ3v) is 20.5. The molecule has 8 rings (SSSR count). The fraction of sp³-hybridized carbons (Fsp3) is 0.812. The van der Waals surface area contributed by atoms with E-state index in [4.69, 9.17) is 4.74 Å². The second-order valence-corrected chi connectivity index (χ2v) is 24.5. The van der Waals surface area contributed by atoms with Crippen LogP contribution in [0.15, 0.2) is 41.6 Å². The first-order valence-corrected chi connectivity index (χ1v) is 25.0. The Morgan fingerprint density at radius 3 is 2.37 bits per heavy atom. The molecular formula is C48H75N5O5S. The molecule has 10 atom stereocenters.